The molecule has 1 atom stereocenters. The second-order valence-corrected chi connectivity index (χ2v) is 6.21. The number of aromatic nitrogens is 2. The van der Waals surface area contributed by atoms with Crippen LogP contribution in [0, 0.1) is 5.82 Å². The lowest BCUT2D eigenvalue weighted by atomic mass is 10.0. The topological polar surface area (TPSA) is 78.1 Å². The van der Waals surface area contributed by atoms with Gasteiger partial charge in [-0.3, -0.25) is 9.59 Å². The zero-order valence-electron chi connectivity index (χ0n) is 13.9. The summed E-state index contributed by atoms with van der Waals surface area (Å²) in [6.45, 7) is 0.739. The monoisotopic (exact) mass is 352 g/mol. The predicted octanol–water partition coefficient (Wildman–Crippen LogP) is 1.94. The van der Waals surface area contributed by atoms with E-state index in [4.69, 9.17) is 0 Å². The van der Waals surface area contributed by atoms with Gasteiger partial charge in [-0.1, -0.05) is 24.3 Å². The first-order valence-corrected chi connectivity index (χ1v) is 8.38. The van der Waals surface area contributed by atoms with Gasteiger partial charge in [0.15, 0.2) is 0 Å². The molecule has 1 aliphatic rings. The van der Waals surface area contributed by atoms with Crippen molar-refractivity contribution in [3.63, 3.8) is 0 Å². The third-order valence-corrected chi connectivity index (χ3v) is 4.45. The second-order valence-electron chi connectivity index (χ2n) is 6.21. The summed E-state index contributed by atoms with van der Waals surface area (Å²) in [6.07, 6.45) is 0.0494. The lowest BCUT2D eigenvalue weighted by molar-refractivity contribution is -0.143. The first-order chi connectivity index (χ1) is 12.6. The summed E-state index contributed by atoms with van der Waals surface area (Å²) in [5.74, 6) is -0.432. The molecule has 1 saturated heterocycles. The van der Waals surface area contributed by atoms with E-state index in [1.807, 2.05) is 24.3 Å². The number of H-pyrrole nitrogens is 1. The van der Waals surface area contributed by atoms with Crippen LogP contribution in [-0.2, 0) is 16.0 Å². The van der Waals surface area contributed by atoms with Crippen LogP contribution in [0.2, 0.25) is 0 Å². The zero-order chi connectivity index (χ0) is 18.1. The van der Waals surface area contributed by atoms with Crippen LogP contribution in [0.1, 0.15) is 17.4 Å². The van der Waals surface area contributed by atoms with Crippen LogP contribution in [0.3, 0.4) is 0 Å². The molecule has 0 saturated carbocycles. The minimum atomic E-state index is -0.837. The molecule has 0 radical (unpaired) electrons. The normalized spacial score (nSPS) is 17.3. The fourth-order valence-corrected chi connectivity index (χ4v) is 3.28. The second kappa shape index (κ2) is 6.59. The lowest BCUT2D eigenvalue weighted by Crippen LogP contribution is -2.52. The van der Waals surface area contributed by atoms with Crippen LogP contribution in [0.5, 0.6) is 0 Å². The maximum Gasteiger partial charge on any atom is 0.247 e. The highest BCUT2D eigenvalue weighted by atomic mass is 19.1. The van der Waals surface area contributed by atoms with Gasteiger partial charge >= 0.3 is 0 Å². The molecule has 2 N–H and O–H groups in total. The highest BCUT2D eigenvalue weighted by molar-refractivity contribution is 5.90. The predicted molar refractivity (Wildman–Crippen MR) is 93.7 cm³/mol. The number of aromatic amines is 1. The van der Waals surface area contributed by atoms with E-state index in [2.05, 4.69) is 15.3 Å². The van der Waals surface area contributed by atoms with E-state index in [9.17, 15) is 14.0 Å². The van der Waals surface area contributed by atoms with Crippen molar-refractivity contribution in [1.29, 1.82) is 0 Å². The molecule has 26 heavy (non-hydrogen) atoms. The number of hydrogen-bond donors (Lipinski definition) is 2. The highest BCUT2D eigenvalue weighted by Crippen LogP contribution is 2.25. The first-order valence-electron chi connectivity index (χ1n) is 8.38. The van der Waals surface area contributed by atoms with Gasteiger partial charge in [0.05, 0.1) is 17.5 Å². The summed E-state index contributed by atoms with van der Waals surface area (Å²) in [5.41, 5.74) is 2.10. The number of carbonyl (C=O) groups is 2. The Morgan fingerprint density at radius 1 is 1.23 bits per heavy atom. The van der Waals surface area contributed by atoms with Gasteiger partial charge in [-0.25, -0.2) is 9.37 Å². The Morgan fingerprint density at radius 2 is 2.08 bits per heavy atom. The quantitative estimate of drug-likeness (QED) is 0.756. The fraction of sp³-hybridized carbons (Fsp3) is 0.211. The molecule has 1 aromatic heterocycles. The van der Waals surface area contributed by atoms with E-state index in [1.165, 1.54) is 23.1 Å². The summed E-state index contributed by atoms with van der Waals surface area (Å²) in [4.78, 5) is 34.2. The average Bonchev–Trinajstić information content (AvgIpc) is 3.03. The van der Waals surface area contributed by atoms with Crippen molar-refractivity contribution in [3.05, 3.63) is 65.7 Å². The van der Waals surface area contributed by atoms with E-state index in [-0.39, 0.29) is 18.2 Å². The van der Waals surface area contributed by atoms with Gasteiger partial charge < -0.3 is 15.2 Å². The molecule has 3 aromatic rings. The van der Waals surface area contributed by atoms with Crippen LogP contribution in [-0.4, -0.2) is 39.8 Å². The summed E-state index contributed by atoms with van der Waals surface area (Å²) in [7, 11) is 0. The lowest BCUT2D eigenvalue weighted by Gasteiger charge is -2.35. The molecule has 2 amide bonds. The summed E-state index contributed by atoms with van der Waals surface area (Å²) >= 11 is 0. The molecular weight excluding hydrogens is 335 g/mol. The number of carbonyl (C=O) groups excluding carboxylic acids is 2. The number of imidazole rings is 1. The van der Waals surface area contributed by atoms with Crippen molar-refractivity contribution in [1.82, 2.24) is 20.2 Å². The van der Waals surface area contributed by atoms with Gasteiger partial charge in [-0.15, -0.1) is 0 Å². The molecular formula is C19H17FN4O2. The van der Waals surface area contributed by atoms with Crippen LogP contribution in [0.15, 0.2) is 48.5 Å². The molecule has 0 aliphatic carbocycles. The van der Waals surface area contributed by atoms with Gasteiger partial charge in [-0.05, 0) is 29.8 Å². The molecule has 6 nitrogen and oxygen atoms in total. The molecule has 2 aromatic carbocycles. The molecule has 132 valence electrons. The van der Waals surface area contributed by atoms with Crippen molar-refractivity contribution < 1.29 is 14.0 Å². The zero-order valence-corrected chi connectivity index (χ0v) is 13.9. The molecule has 7 heteroatoms. The smallest absolute Gasteiger partial charge is 0.247 e. The SMILES string of the molecule is O=C1NCCN(C(=O)Cc2nc3ccccc3[nH]2)[C@H]1c1cccc(F)c1. The number of halogens is 1. The Balaban J connectivity index is 1.60. The van der Waals surface area contributed by atoms with Crippen LogP contribution >= 0.6 is 0 Å². The van der Waals surface area contributed by atoms with Crippen molar-refractivity contribution in [2.45, 2.75) is 12.5 Å². The van der Waals surface area contributed by atoms with Crippen molar-refractivity contribution in [3.8, 4) is 0 Å². The van der Waals surface area contributed by atoms with Crippen LogP contribution in [0.4, 0.5) is 4.39 Å². The first kappa shape index (κ1) is 16.3. The van der Waals surface area contributed by atoms with Gasteiger partial charge in [0.2, 0.25) is 11.8 Å². The number of para-hydroxylation sites is 2. The minimum Gasteiger partial charge on any atom is -0.352 e. The molecule has 1 aliphatic heterocycles. The van der Waals surface area contributed by atoms with E-state index in [0.29, 0.717) is 24.5 Å². The number of rotatable bonds is 3. The number of fused-ring (bicyclic) bond motifs is 1. The number of hydrogen-bond acceptors (Lipinski definition) is 3. The molecule has 0 unspecified atom stereocenters. The Labute approximate surface area is 149 Å². The Kier molecular flexibility index (Phi) is 4.12. The summed E-state index contributed by atoms with van der Waals surface area (Å²) in [5, 5.41) is 2.74. The third-order valence-electron chi connectivity index (χ3n) is 4.45. The van der Waals surface area contributed by atoms with E-state index in [0.717, 1.165) is 11.0 Å². The summed E-state index contributed by atoms with van der Waals surface area (Å²) < 4.78 is 13.6. The van der Waals surface area contributed by atoms with E-state index in [1.54, 1.807) is 6.07 Å². The molecule has 1 fully saturated rings. The van der Waals surface area contributed by atoms with Gasteiger partial charge in [0.1, 0.15) is 17.7 Å². The van der Waals surface area contributed by atoms with Crippen LogP contribution < -0.4 is 5.32 Å². The van der Waals surface area contributed by atoms with Crippen molar-refractivity contribution >= 4 is 22.8 Å². The Bertz CT molecular complexity index is 951. The number of piperazine rings is 1. The largest absolute Gasteiger partial charge is 0.352 e. The van der Waals surface area contributed by atoms with Crippen molar-refractivity contribution in [2.24, 2.45) is 0 Å². The molecule has 0 bridgehead atoms. The highest BCUT2D eigenvalue weighted by Gasteiger charge is 2.34. The number of amides is 2. The molecule has 0 spiro atoms. The number of nitrogens with one attached hydrogen (secondary N) is 2. The maximum atomic E-state index is 13.6. The number of nitrogens with zero attached hydrogens (tertiary/aromatic N) is 2. The fourth-order valence-electron chi connectivity index (χ4n) is 3.28. The maximum absolute atomic E-state index is 13.6. The number of benzene rings is 2. The van der Waals surface area contributed by atoms with Crippen LogP contribution in [0.25, 0.3) is 11.0 Å². The average molecular weight is 352 g/mol. The van der Waals surface area contributed by atoms with Gasteiger partial charge in [0.25, 0.3) is 0 Å². The Hall–Kier alpha value is -3.22. The van der Waals surface area contributed by atoms with Gasteiger partial charge in [-0.2, -0.15) is 0 Å². The molecule has 4 rings (SSSR count). The van der Waals surface area contributed by atoms with E-state index < -0.39 is 11.9 Å². The minimum absolute atomic E-state index is 0.0494. The van der Waals surface area contributed by atoms with Crippen molar-refractivity contribution in [2.75, 3.05) is 13.1 Å². The third kappa shape index (κ3) is 3.03. The molecule has 2 heterocycles. The van der Waals surface area contributed by atoms with E-state index >= 15 is 0 Å². The van der Waals surface area contributed by atoms with Gasteiger partial charge in [0, 0.05) is 13.1 Å². The Morgan fingerprint density at radius 3 is 2.88 bits per heavy atom. The summed E-state index contributed by atoms with van der Waals surface area (Å²) in [6, 6.07) is 12.5. The standard InChI is InChI=1S/C19H17FN4O2/c20-13-5-3-4-12(10-13)18-19(26)21-8-9-24(18)17(25)11-16-22-14-6-1-2-7-15(14)23-16/h1-7,10,18H,8-9,11H2,(H,21,26)(H,22,23)/t18-/m0/s1.